The van der Waals surface area contributed by atoms with Gasteiger partial charge in [0.2, 0.25) is 0 Å². The van der Waals surface area contributed by atoms with Crippen molar-refractivity contribution in [3.63, 3.8) is 0 Å². The Kier molecular flexibility index (Phi) is 8.48. The van der Waals surface area contributed by atoms with Crippen molar-refractivity contribution in [2.45, 2.75) is 6.10 Å². The lowest BCUT2D eigenvalue weighted by Gasteiger charge is -2.22. The lowest BCUT2D eigenvalue weighted by molar-refractivity contribution is -0.128. The van der Waals surface area contributed by atoms with Gasteiger partial charge in [-0.05, 0) is 12.1 Å². The summed E-state index contributed by atoms with van der Waals surface area (Å²) in [4.78, 5) is 18.0. The Bertz CT molecular complexity index is 408. The second kappa shape index (κ2) is 8.97. The van der Waals surface area contributed by atoms with Crippen LogP contribution in [0.3, 0.4) is 0 Å². The number of amides is 1. The molecule has 1 unspecified atom stereocenters. The molecule has 1 fully saturated rings. The summed E-state index contributed by atoms with van der Waals surface area (Å²) < 4.78 is 5.36. The average Bonchev–Trinajstić information content (AvgIpc) is 2.40. The summed E-state index contributed by atoms with van der Waals surface area (Å²) in [6, 6.07) is 3.69. The topological polar surface area (TPSA) is 66.5 Å². The highest BCUT2D eigenvalue weighted by Crippen LogP contribution is 2.12. The SMILES string of the molecule is CN(C)c1ccc(NC(=O)C2CNCCO2)nc1.Cl.Cl. The number of morpholine rings is 1. The molecular weight excluding hydrogens is 303 g/mol. The minimum absolute atomic E-state index is 0. The molecule has 6 nitrogen and oxygen atoms in total. The van der Waals surface area contributed by atoms with Crippen LogP contribution in [0, 0.1) is 0 Å². The summed E-state index contributed by atoms with van der Waals surface area (Å²) in [6.07, 6.45) is 1.28. The molecule has 1 aromatic rings. The van der Waals surface area contributed by atoms with Gasteiger partial charge in [-0.25, -0.2) is 4.98 Å². The van der Waals surface area contributed by atoms with E-state index in [4.69, 9.17) is 4.74 Å². The van der Waals surface area contributed by atoms with Crippen molar-refractivity contribution in [2.24, 2.45) is 0 Å². The molecule has 114 valence electrons. The molecule has 0 saturated carbocycles. The number of hydrogen-bond donors (Lipinski definition) is 2. The van der Waals surface area contributed by atoms with Gasteiger partial charge >= 0.3 is 0 Å². The molecule has 0 bridgehead atoms. The number of ether oxygens (including phenoxy) is 1. The Labute approximate surface area is 131 Å². The smallest absolute Gasteiger partial charge is 0.255 e. The third-order valence-electron chi connectivity index (χ3n) is 2.74. The summed E-state index contributed by atoms with van der Waals surface area (Å²) in [5.74, 6) is 0.382. The van der Waals surface area contributed by atoms with Crippen LogP contribution in [0.2, 0.25) is 0 Å². The van der Waals surface area contributed by atoms with E-state index in [1.807, 2.05) is 25.1 Å². The molecule has 2 heterocycles. The van der Waals surface area contributed by atoms with Gasteiger partial charge in [-0.2, -0.15) is 0 Å². The standard InChI is InChI=1S/C12H18N4O2.2ClH/c1-16(2)9-3-4-11(14-7-9)15-12(17)10-8-13-5-6-18-10;;/h3-4,7,10,13H,5-6,8H2,1-2H3,(H,14,15,17);2*1H. The zero-order valence-electron chi connectivity index (χ0n) is 11.5. The van der Waals surface area contributed by atoms with E-state index in [0.29, 0.717) is 19.0 Å². The van der Waals surface area contributed by atoms with Crippen LogP contribution in [0.15, 0.2) is 18.3 Å². The first-order valence-electron chi connectivity index (χ1n) is 5.93. The van der Waals surface area contributed by atoms with Crippen molar-refractivity contribution in [3.8, 4) is 0 Å². The first-order chi connectivity index (χ1) is 8.66. The molecular formula is C12H20Cl2N4O2. The van der Waals surface area contributed by atoms with E-state index < -0.39 is 6.10 Å². The maximum absolute atomic E-state index is 11.9. The Morgan fingerprint density at radius 2 is 2.20 bits per heavy atom. The molecule has 0 aliphatic carbocycles. The molecule has 0 spiro atoms. The summed E-state index contributed by atoms with van der Waals surface area (Å²) in [5, 5.41) is 5.86. The van der Waals surface area contributed by atoms with E-state index in [-0.39, 0.29) is 30.7 Å². The normalized spacial score (nSPS) is 17.4. The molecule has 20 heavy (non-hydrogen) atoms. The van der Waals surface area contributed by atoms with Crippen LogP contribution in [0.5, 0.6) is 0 Å². The van der Waals surface area contributed by atoms with E-state index in [1.54, 1.807) is 12.3 Å². The Balaban J connectivity index is 0.00000180. The lowest BCUT2D eigenvalue weighted by atomic mass is 10.3. The van der Waals surface area contributed by atoms with Gasteiger partial charge in [-0.1, -0.05) is 0 Å². The molecule has 1 amide bonds. The molecule has 2 rings (SSSR count). The quantitative estimate of drug-likeness (QED) is 0.866. The van der Waals surface area contributed by atoms with Gasteiger partial charge in [0.1, 0.15) is 11.9 Å². The highest BCUT2D eigenvalue weighted by molar-refractivity contribution is 5.93. The van der Waals surface area contributed by atoms with Crippen molar-refractivity contribution >= 4 is 42.2 Å². The number of halogens is 2. The zero-order chi connectivity index (χ0) is 13.0. The van der Waals surface area contributed by atoms with E-state index in [2.05, 4.69) is 15.6 Å². The Morgan fingerprint density at radius 1 is 1.45 bits per heavy atom. The van der Waals surface area contributed by atoms with E-state index >= 15 is 0 Å². The first kappa shape index (κ1) is 18.9. The Morgan fingerprint density at radius 3 is 2.70 bits per heavy atom. The fraction of sp³-hybridized carbons (Fsp3) is 0.500. The van der Waals surface area contributed by atoms with Crippen molar-refractivity contribution in [1.29, 1.82) is 0 Å². The van der Waals surface area contributed by atoms with Gasteiger partial charge in [0.15, 0.2) is 0 Å². The number of anilines is 2. The number of nitrogens with one attached hydrogen (secondary N) is 2. The fourth-order valence-electron chi connectivity index (χ4n) is 1.67. The first-order valence-corrected chi connectivity index (χ1v) is 5.93. The molecule has 1 atom stereocenters. The maximum atomic E-state index is 11.9. The molecule has 0 radical (unpaired) electrons. The predicted molar refractivity (Wildman–Crippen MR) is 84.3 cm³/mol. The lowest BCUT2D eigenvalue weighted by Crippen LogP contribution is -2.45. The molecule has 1 aliphatic heterocycles. The van der Waals surface area contributed by atoms with Crippen LogP contribution < -0.4 is 15.5 Å². The number of pyridine rings is 1. The maximum Gasteiger partial charge on any atom is 0.255 e. The van der Waals surface area contributed by atoms with Crippen LogP contribution >= 0.6 is 24.8 Å². The largest absolute Gasteiger partial charge is 0.376 e. The molecule has 2 N–H and O–H groups in total. The summed E-state index contributed by atoms with van der Waals surface area (Å²) >= 11 is 0. The molecule has 0 aromatic carbocycles. The molecule has 1 aliphatic rings. The summed E-state index contributed by atoms with van der Waals surface area (Å²) in [6.45, 7) is 1.90. The van der Waals surface area contributed by atoms with Crippen molar-refractivity contribution < 1.29 is 9.53 Å². The Hall–Kier alpha value is -1.08. The van der Waals surface area contributed by atoms with Crippen LogP contribution in [0.4, 0.5) is 11.5 Å². The van der Waals surface area contributed by atoms with Crippen molar-refractivity contribution in [3.05, 3.63) is 18.3 Å². The molecule has 8 heteroatoms. The van der Waals surface area contributed by atoms with Gasteiger partial charge in [-0.15, -0.1) is 24.8 Å². The number of hydrogen-bond acceptors (Lipinski definition) is 5. The number of carbonyl (C=O) groups is 1. The number of rotatable bonds is 3. The zero-order valence-corrected chi connectivity index (χ0v) is 13.1. The van der Waals surface area contributed by atoms with E-state index in [0.717, 1.165) is 12.2 Å². The highest BCUT2D eigenvalue weighted by atomic mass is 35.5. The average molecular weight is 323 g/mol. The number of aromatic nitrogens is 1. The molecule has 1 saturated heterocycles. The van der Waals surface area contributed by atoms with Gasteiger partial charge in [-0.3, -0.25) is 4.79 Å². The second-order valence-corrected chi connectivity index (χ2v) is 4.35. The van der Waals surface area contributed by atoms with E-state index in [9.17, 15) is 4.79 Å². The van der Waals surface area contributed by atoms with Crippen LogP contribution in [-0.2, 0) is 9.53 Å². The van der Waals surface area contributed by atoms with Gasteiger partial charge in [0.25, 0.3) is 5.91 Å². The summed E-state index contributed by atoms with van der Waals surface area (Å²) in [7, 11) is 3.88. The van der Waals surface area contributed by atoms with Crippen LogP contribution in [0.25, 0.3) is 0 Å². The second-order valence-electron chi connectivity index (χ2n) is 4.35. The fourth-order valence-corrected chi connectivity index (χ4v) is 1.67. The summed E-state index contributed by atoms with van der Waals surface area (Å²) in [5.41, 5.74) is 0.989. The number of carbonyl (C=O) groups excluding carboxylic acids is 1. The van der Waals surface area contributed by atoms with Gasteiger partial charge < -0.3 is 20.3 Å². The highest BCUT2D eigenvalue weighted by Gasteiger charge is 2.21. The third kappa shape index (κ3) is 5.13. The monoisotopic (exact) mass is 322 g/mol. The van der Waals surface area contributed by atoms with E-state index in [1.165, 1.54) is 0 Å². The minimum Gasteiger partial charge on any atom is -0.376 e. The number of nitrogens with zero attached hydrogens (tertiary/aromatic N) is 2. The van der Waals surface area contributed by atoms with Crippen molar-refractivity contribution in [2.75, 3.05) is 44.0 Å². The van der Waals surface area contributed by atoms with Crippen molar-refractivity contribution in [1.82, 2.24) is 10.3 Å². The van der Waals surface area contributed by atoms with Gasteiger partial charge in [0.05, 0.1) is 18.5 Å². The predicted octanol–water partition coefficient (Wildman–Crippen LogP) is 0.918. The minimum atomic E-state index is -0.436. The molecule has 1 aromatic heterocycles. The van der Waals surface area contributed by atoms with Crippen LogP contribution in [0.1, 0.15) is 0 Å². The van der Waals surface area contributed by atoms with Gasteiger partial charge in [0, 0.05) is 27.2 Å². The third-order valence-corrected chi connectivity index (χ3v) is 2.74. The van der Waals surface area contributed by atoms with Crippen LogP contribution in [-0.4, -0.2) is 50.8 Å².